The summed E-state index contributed by atoms with van der Waals surface area (Å²) in [5.41, 5.74) is 3.01. The van der Waals surface area contributed by atoms with Crippen molar-refractivity contribution in [2.24, 2.45) is 0 Å². The number of fused-ring (bicyclic) bond motifs is 1. The van der Waals surface area contributed by atoms with E-state index in [-0.39, 0.29) is 24.2 Å². The molecule has 26 heavy (non-hydrogen) atoms. The van der Waals surface area contributed by atoms with Gasteiger partial charge in [0, 0.05) is 12.4 Å². The molecule has 134 valence electrons. The van der Waals surface area contributed by atoms with Gasteiger partial charge in [0.05, 0.1) is 6.04 Å². The fourth-order valence-corrected chi connectivity index (χ4v) is 2.69. The summed E-state index contributed by atoms with van der Waals surface area (Å²) in [6.45, 7) is 3.67. The van der Waals surface area contributed by atoms with Gasteiger partial charge in [0.1, 0.15) is 5.65 Å². The van der Waals surface area contributed by atoms with Gasteiger partial charge in [0.15, 0.2) is 12.3 Å². The first-order valence-electron chi connectivity index (χ1n) is 8.53. The predicted molar refractivity (Wildman–Crippen MR) is 97.8 cm³/mol. The Morgan fingerprint density at radius 2 is 1.96 bits per heavy atom. The molecule has 0 saturated heterocycles. The van der Waals surface area contributed by atoms with Gasteiger partial charge in [0.2, 0.25) is 0 Å². The molecule has 0 saturated carbocycles. The molecule has 6 nitrogen and oxygen atoms in total. The summed E-state index contributed by atoms with van der Waals surface area (Å²) in [6, 6.07) is 13.3. The Bertz CT molecular complexity index is 882. The maximum absolute atomic E-state index is 12.1. The molecule has 1 N–H and O–H groups in total. The van der Waals surface area contributed by atoms with Gasteiger partial charge in [-0.15, -0.1) is 0 Å². The second-order valence-corrected chi connectivity index (χ2v) is 6.11. The van der Waals surface area contributed by atoms with E-state index in [1.54, 1.807) is 22.9 Å². The van der Waals surface area contributed by atoms with Crippen LogP contribution in [0.3, 0.4) is 0 Å². The average molecular weight is 351 g/mol. The zero-order chi connectivity index (χ0) is 18.5. The van der Waals surface area contributed by atoms with Crippen molar-refractivity contribution < 1.29 is 14.3 Å². The molecule has 1 amide bonds. The highest BCUT2D eigenvalue weighted by Gasteiger charge is 2.16. The van der Waals surface area contributed by atoms with E-state index in [0.29, 0.717) is 5.65 Å². The molecule has 0 aliphatic heterocycles. The first-order valence-corrected chi connectivity index (χ1v) is 8.53. The minimum atomic E-state index is -0.618. The van der Waals surface area contributed by atoms with Gasteiger partial charge in [-0.05, 0) is 31.0 Å². The number of rotatable bonds is 6. The number of carbonyl (C=O) groups is 2. The number of amides is 1. The minimum Gasteiger partial charge on any atom is -0.451 e. The molecule has 6 heteroatoms. The number of aromatic nitrogens is 2. The number of nitrogens with one attached hydrogen (secondary N) is 1. The largest absolute Gasteiger partial charge is 0.451 e. The molecule has 2 heterocycles. The van der Waals surface area contributed by atoms with E-state index >= 15 is 0 Å². The first-order chi connectivity index (χ1) is 12.6. The third-order valence-corrected chi connectivity index (χ3v) is 4.13. The quantitative estimate of drug-likeness (QED) is 0.693. The van der Waals surface area contributed by atoms with E-state index in [2.05, 4.69) is 10.3 Å². The molecule has 3 rings (SSSR count). The van der Waals surface area contributed by atoms with Crippen LogP contribution in [0.1, 0.15) is 41.0 Å². The van der Waals surface area contributed by atoms with Crippen molar-refractivity contribution in [3.63, 3.8) is 0 Å². The Hall–Kier alpha value is -3.15. The van der Waals surface area contributed by atoms with E-state index in [1.165, 1.54) is 0 Å². The summed E-state index contributed by atoms with van der Waals surface area (Å²) in [5.74, 6) is -0.957. The number of benzene rings is 1. The highest BCUT2D eigenvalue weighted by Crippen LogP contribution is 2.17. The van der Waals surface area contributed by atoms with E-state index in [1.807, 2.05) is 50.2 Å². The van der Waals surface area contributed by atoms with Gasteiger partial charge in [0.25, 0.3) is 5.91 Å². The molecule has 0 spiro atoms. The summed E-state index contributed by atoms with van der Waals surface area (Å²) in [7, 11) is 0. The van der Waals surface area contributed by atoms with Crippen molar-refractivity contribution in [1.29, 1.82) is 0 Å². The summed E-state index contributed by atoms with van der Waals surface area (Å²) in [6.07, 6.45) is 4.12. The summed E-state index contributed by atoms with van der Waals surface area (Å²) in [4.78, 5) is 28.4. The number of nitrogens with zero attached hydrogens (tertiary/aromatic N) is 2. The van der Waals surface area contributed by atoms with Gasteiger partial charge < -0.3 is 14.5 Å². The van der Waals surface area contributed by atoms with E-state index in [9.17, 15) is 9.59 Å². The Kier molecular flexibility index (Phi) is 5.31. The molecule has 2 aromatic heterocycles. The van der Waals surface area contributed by atoms with Crippen LogP contribution in [0.5, 0.6) is 0 Å². The van der Waals surface area contributed by atoms with Crippen LogP contribution in [0.15, 0.2) is 54.9 Å². The van der Waals surface area contributed by atoms with Crippen LogP contribution in [-0.4, -0.2) is 27.9 Å². The van der Waals surface area contributed by atoms with Gasteiger partial charge in [-0.1, -0.05) is 42.8 Å². The molecule has 3 aromatic rings. The van der Waals surface area contributed by atoms with Crippen molar-refractivity contribution in [1.82, 2.24) is 14.7 Å². The Morgan fingerprint density at radius 1 is 1.19 bits per heavy atom. The fraction of sp³-hybridized carbons (Fsp3) is 0.250. The molecule has 0 bridgehead atoms. The predicted octanol–water partition coefficient (Wildman–Crippen LogP) is 3.07. The second kappa shape index (κ2) is 7.82. The number of ether oxygens (including phenoxy) is 1. The smallest absolute Gasteiger partial charge is 0.359 e. The molecule has 0 aliphatic rings. The van der Waals surface area contributed by atoms with Gasteiger partial charge in [-0.3, -0.25) is 4.79 Å². The Morgan fingerprint density at radius 3 is 2.65 bits per heavy atom. The fourth-order valence-electron chi connectivity index (χ4n) is 2.69. The first kappa shape index (κ1) is 17.7. The van der Waals surface area contributed by atoms with Crippen LogP contribution in [-0.2, 0) is 9.53 Å². The van der Waals surface area contributed by atoms with Crippen molar-refractivity contribution in [2.45, 2.75) is 26.3 Å². The van der Waals surface area contributed by atoms with E-state index in [0.717, 1.165) is 17.5 Å². The lowest BCUT2D eigenvalue weighted by atomic mass is 10.0. The standard InChI is InChI=1S/C20H21N3O3/c1-3-16(15-9-7-14(2)8-10-15)22-19(24)13-26-20(25)17-12-23-11-5-4-6-18(23)21-17/h4-12,16H,3,13H2,1-2H3,(H,22,24)/t16-/m0/s1. The topological polar surface area (TPSA) is 72.7 Å². The molecule has 0 unspecified atom stereocenters. The Labute approximate surface area is 151 Å². The number of hydrogen-bond donors (Lipinski definition) is 1. The molecule has 0 radical (unpaired) electrons. The maximum atomic E-state index is 12.1. The molecule has 1 atom stereocenters. The third-order valence-electron chi connectivity index (χ3n) is 4.13. The highest BCUT2D eigenvalue weighted by molar-refractivity contribution is 5.90. The number of imidazole rings is 1. The van der Waals surface area contributed by atoms with Gasteiger partial charge in [-0.25, -0.2) is 9.78 Å². The van der Waals surface area contributed by atoms with Gasteiger partial charge >= 0.3 is 5.97 Å². The Balaban J connectivity index is 1.57. The molecule has 0 aliphatic carbocycles. The zero-order valence-corrected chi connectivity index (χ0v) is 14.8. The van der Waals surface area contributed by atoms with Crippen molar-refractivity contribution in [2.75, 3.05) is 6.61 Å². The number of carbonyl (C=O) groups excluding carboxylic acids is 2. The highest BCUT2D eigenvalue weighted by atomic mass is 16.5. The molecule has 0 fully saturated rings. The van der Waals surface area contributed by atoms with Crippen LogP contribution in [0.2, 0.25) is 0 Å². The maximum Gasteiger partial charge on any atom is 0.359 e. The van der Waals surface area contributed by atoms with Crippen LogP contribution >= 0.6 is 0 Å². The average Bonchev–Trinajstić information content (AvgIpc) is 3.09. The SMILES string of the molecule is CC[C@H](NC(=O)COC(=O)c1cn2ccccc2n1)c1ccc(C)cc1. The number of esters is 1. The van der Waals surface area contributed by atoms with Crippen LogP contribution in [0.4, 0.5) is 0 Å². The second-order valence-electron chi connectivity index (χ2n) is 6.11. The van der Waals surface area contributed by atoms with E-state index < -0.39 is 5.97 Å². The summed E-state index contributed by atoms with van der Waals surface area (Å²) < 4.78 is 6.82. The summed E-state index contributed by atoms with van der Waals surface area (Å²) >= 11 is 0. The van der Waals surface area contributed by atoms with Crippen LogP contribution in [0.25, 0.3) is 5.65 Å². The van der Waals surface area contributed by atoms with Crippen molar-refractivity contribution >= 4 is 17.5 Å². The monoisotopic (exact) mass is 351 g/mol. The third kappa shape index (κ3) is 4.08. The normalized spacial score (nSPS) is 11.9. The number of hydrogen-bond acceptors (Lipinski definition) is 4. The lowest BCUT2D eigenvalue weighted by molar-refractivity contribution is -0.125. The number of pyridine rings is 1. The van der Waals surface area contributed by atoms with Crippen LogP contribution < -0.4 is 5.32 Å². The molecular weight excluding hydrogens is 330 g/mol. The van der Waals surface area contributed by atoms with E-state index in [4.69, 9.17) is 4.74 Å². The van der Waals surface area contributed by atoms with Crippen molar-refractivity contribution in [3.8, 4) is 0 Å². The lowest BCUT2D eigenvalue weighted by Gasteiger charge is -2.17. The minimum absolute atomic E-state index is 0.114. The zero-order valence-electron chi connectivity index (χ0n) is 14.8. The summed E-state index contributed by atoms with van der Waals surface area (Å²) in [5, 5.41) is 2.89. The van der Waals surface area contributed by atoms with Gasteiger partial charge in [-0.2, -0.15) is 0 Å². The molecule has 1 aromatic carbocycles. The lowest BCUT2D eigenvalue weighted by Crippen LogP contribution is -2.32. The van der Waals surface area contributed by atoms with Crippen LogP contribution in [0, 0.1) is 6.92 Å². The number of aryl methyl sites for hydroxylation is 1. The molecular formula is C20H21N3O3. The van der Waals surface area contributed by atoms with Crippen molar-refractivity contribution in [3.05, 3.63) is 71.7 Å².